The van der Waals surface area contributed by atoms with Crippen molar-refractivity contribution in [1.29, 1.82) is 0 Å². The number of rotatable bonds is 4. The zero-order valence-electron chi connectivity index (χ0n) is 15.0. The zero-order valence-corrected chi connectivity index (χ0v) is 15.0. The quantitative estimate of drug-likeness (QED) is 0.901. The van der Waals surface area contributed by atoms with Gasteiger partial charge >= 0.3 is 0 Å². The van der Waals surface area contributed by atoms with Gasteiger partial charge in [-0.25, -0.2) is 9.97 Å². The molecule has 2 atom stereocenters. The Bertz CT molecular complexity index is 756. The van der Waals surface area contributed by atoms with Gasteiger partial charge < -0.3 is 19.4 Å². The Morgan fingerprint density at radius 3 is 3.00 bits per heavy atom. The molecule has 1 amide bonds. The summed E-state index contributed by atoms with van der Waals surface area (Å²) >= 11 is 0. The Morgan fingerprint density at radius 2 is 2.23 bits per heavy atom. The molecule has 0 aromatic carbocycles. The number of nitrogens with one attached hydrogen (secondary N) is 1. The molecule has 2 aliphatic rings. The van der Waals surface area contributed by atoms with Crippen LogP contribution in [-0.2, 0) is 22.4 Å². The molecule has 0 radical (unpaired) electrons. The molecule has 3 heterocycles. The van der Waals surface area contributed by atoms with Crippen LogP contribution in [-0.4, -0.2) is 42.2 Å². The van der Waals surface area contributed by atoms with Crippen molar-refractivity contribution in [3.8, 4) is 0 Å². The summed E-state index contributed by atoms with van der Waals surface area (Å²) in [7, 11) is 0. The number of carbonyl (C=O) groups is 1. The second-order valence-corrected chi connectivity index (χ2v) is 6.93. The van der Waals surface area contributed by atoms with Crippen molar-refractivity contribution >= 4 is 11.9 Å². The molecule has 0 bridgehead atoms. The summed E-state index contributed by atoms with van der Waals surface area (Å²) in [6.45, 7) is 5.03. The molecular formula is C19H24N4O3. The number of hydrogen-bond acceptors (Lipinski definition) is 6. The van der Waals surface area contributed by atoms with Crippen molar-refractivity contribution in [3.05, 3.63) is 41.6 Å². The van der Waals surface area contributed by atoms with E-state index in [0.717, 1.165) is 62.1 Å². The number of hydrogen-bond donors (Lipinski definition) is 1. The molecule has 0 saturated carbocycles. The van der Waals surface area contributed by atoms with E-state index in [1.54, 1.807) is 6.26 Å². The first-order chi connectivity index (χ1) is 12.7. The van der Waals surface area contributed by atoms with Crippen LogP contribution in [0.2, 0.25) is 0 Å². The summed E-state index contributed by atoms with van der Waals surface area (Å²) in [5.41, 5.74) is 2.16. The fraction of sp³-hybridized carbons (Fsp3) is 0.526. The largest absolute Gasteiger partial charge is 0.467 e. The Labute approximate surface area is 152 Å². The number of morpholine rings is 1. The fourth-order valence-corrected chi connectivity index (χ4v) is 3.58. The van der Waals surface area contributed by atoms with E-state index in [-0.39, 0.29) is 17.9 Å². The third kappa shape index (κ3) is 3.58. The number of aryl methyl sites for hydroxylation is 1. The predicted octanol–water partition coefficient (Wildman–Crippen LogP) is 1.89. The first-order valence-corrected chi connectivity index (χ1v) is 9.22. The maximum absolute atomic E-state index is 12.6. The van der Waals surface area contributed by atoms with Crippen LogP contribution in [0.3, 0.4) is 0 Å². The third-order valence-corrected chi connectivity index (χ3v) is 5.13. The molecule has 2 aromatic rings. The summed E-state index contributed by atoms with van der Waals surface area (Å²) in [6.07, 6.45) is 5.82. The summed E-state index contributed by atoms with van der Waals surface area (Å²) in [5, 5.41) is 3.05. The average molecular weight is 356 g/mol. The Balaban J connectivity index is 1.40. The molecule has 0 unspecified atom stereocenters. The van der Waals surface area contributed by atoms with Crippen LogP contribution in [0.1, 0.15) is 36.4 Å². The van der Waals surface area contributed by atoms with Crippen LogP contribution in [0, 0.1) is 5.92 Å². The molecule has 2 aromatic heterocycles. The van der Waals surface area contributed by atoms with Gasteiger partial charge in [-0.2, -0.15) is 0 Å². The number of nitrogens with zero attached hydrogens (tertiary/aromatic N) is 3. The minimum Gasteiger partial charge on any atom is -0.467 e. The van der Waals surface area contributed by atoms with Crippen molar-refractivity contribution in [2.75, 3.05) is 31.2 Å². The molecule has 7 nitrogen and oxygen atoms in total. The van der Waals surface area contributed by atoms with Gasteiger partial charge in [-0.1, -0.05) is 0 Å². The van der Waals surface area contributed by atoms with Crippen molar-refractivity contribution in [3.63, 3.8) is 0 Å². The van der Waals surface area contributed by atoms with E-state index >= 15 is 0 Å². The Kier molecular flexibility index (Phi) is 4.88. The van der Waals surface area contributed by atoms with Gasteiger partial charge in [0.1, 0.15) is 5.76 Å². The summed E-state index contributed by atoms with van der Waals surface area (Å²) in [5.74, 6) is 1.57. The van der Waals surface area contributed by atoms with E-state index in [2.05, 4.69) is 15.2 Å². The number of fused-ring (bicyclic) bond motifs is 1. The van der Waals surface area contributed by atoms with Gasteiger partial charge in [0.2, 0.25) is 11.9 Å². The molecule has 1 N–H and O–H groups in total. The summed E-state index contributed by atoms with van der Waals surface area (Å²) in [4.78, 5) is 24.0. The van der Waals surface area contributed by atoms with Gasteiger partial charge in [0.05, 0.1) is 25.5 Å². The summed E-state index contributed by atoms with van der Waals surface area (Å²) < 4.78 is 10.7. The summed E-state index contributed by atoms with van der Waals surface area (Å²) in [6, 6.07) is 3.58. The lowest BCUT2D eigenvalue weighted by atomic mass is 9.86. The van der Waals surface area contributed by atoms with E-state index < -0.39 is 0 Å². The van der Waals surface area contributed by atoms with Crippen LogP contribution < -0.4 is 10.2 Å². The molecule has 7 heteroatoms. The number of furan rings is 1. The first-order valence-electron chi connectivity index (χ1n) is 9.22. The van der Waals surface area contributed by atoms with Crippen LogP contribution >= 0.6 is 0 Å². The van der Waals surface area contributed by atoms with Crippen LogP contribution in [0.15, 0.2) is 29.0 Å². The lowest BCUT2D eigenvalue weighted by Gasteiger charge is -2.29. The zero-order chi connectivity index (χ0) is 17.9. The minimum absolute atomic E-state index is 0.0438. The van der Waals surface area contributed by atoms with Gasteiger partial charge in [-0.15, -0.1) is 0 Å². The van der Waals surface area contributed by atoms with Gasteiger partial charge in [0.25, 0.3) is 0 Å². The van der Waals surface area contributed by atoms with E-state index in [1.165, 1.54) is 0 Å². The van der Waals surface area contributed by atoms with Crippen molar-refractivity contribution < 1.29 is 13.9 Å². The number of carbonyl (C=O) groups excluding carboxylic acids is 1. The molecule has 138 valence electrons. The maximum Gasteiger partial charge on any atom is 0.225 e. The first kappa shape index (κ1) is 17.0. The number of aromatic nitrogens is 2. The predicted molar refractivity (Wildman–Crippen MR) is 95.8 cm³/mol. The van der Waals surface area contributed by atoms with Gasteiger partial charge in [-0.05, 0) is 43.9 Å². The number of ether oxygens (including phenoxy) is 1. The van der Waals surface area contributed by atoms with E-state index in [1.807, 2.05) is 25.3 Å². The Morgan fingerprint density at radius 1 is 1.38 bits per heavy atom. The van der Waals surface area contributed by atoms with E-state index in [0.29, 0.717) is 6.42 Å². The monoisotopic (exact) mass is 356 g/mol. The second-order valence-electron chi connectivity index (χ2n) is 6.93. The van der Waals surface area contributed by atoms with Crippen LogP contribution in [0.4, 0.5) is 5.95 Å². The van der Waals surface area contributed by atoms with Gasteiger partial charge in [0, 0.05) is 30.9 Å². The topological polar surface area (TPSA) is 80.5 Å². The van der Waals surface area contributed by atoms with Gasteiger partial charge in [-0.3, -0.25) is 4.79 Å². The highest BCUT2D eigenvalue weighted by Gasteiger charge is 2.28. The lowest BCUT2D eigenvalue weighted by Crippen LogP contribution is -2.38. The highest BCUT2D eigenvalue weighted by molar-refractivity contribution is 5.79. The van der Waals surface area contributed by atoms with Crippen LogP contribution in [0.5, 0.6) is 0 Å². The van der Waals surface area contributed by atoms with E-state index in [9.17, 15) is 4.79 Å². The smallest absolute Gasteiger partial charge is 0.225 e. The number of anilines is 1. The minimum atomic E-state index is -0.126. The number of amides is 1. The van der Waals surface area contributed by atoms with Crippen molar-refractivity contribution in [1.82, 2.24) is 15.3 Å². The van der Waals surface area contributed by atoms with Gasteiger partial charge in [0.15, 0.2) is 0 Å². The molecule has 4 rings (SSSR count). The maximum atomic E-state index is 12.6. The normalized spacial score (nSPS) is 21.1. The average Bonchev–Trinajstić information content (AvgIpc) is 3.23. The Hall–Kier alpha value is -2.41. The third-order valence-electron chi connectivity index (χ3n) is 5.13. The molecule has 1 aliphatic heterocycles. The lowest BCUT2D eigenvalue weighted by molar-refractivity contribution is -0.126. The second kappa shape index (κ2) is 7.45. The molecule has 1 saturated heterocycles. The van der Waals surface area contributed by atoms with Crippen molar-refractivity contribution in [2.24, 2.45) is 5.92 Å². The molecule has 1 aliphatic carbocycles. The molecule has 26 heavy (non-hydrogen) atoms. The molecule has 1 fully saturated rings. The van der Waals surface area contributed by atoms with E-state index in [4.69, 9.17) is 14.1 Å². The molecule has 0 spiro atoms. The van der Waals surface area contributed by atoms with Crippen molar-refractivity contribution in [2.45, 2.75) is 32.2 Å². The highest BCUT2D eigenvalue weighted by atomic mass is 16.5. The molecular weight excluding hydrogens is 332 g/mol. The fourth-order valence-electron chi connectivity index (χ4n) is 3.58. The highest BCUT2D eigenvalue weighted by Crippen LogP contribution is 2.26. The standard InChI is InChI=1S/C19H24N4O3/c1-13(17-3-2-8-26-17)21-18(24)14-4-5-16-15(11-14)12-20-19(22-16)23-6-9-25-10-7-23/h2-3,8,12-14H,4-7,9-11H2,1H3,(H,21,24)/t13-,14-/m1/s1. The van der Waals surface area contributed by atoms with Crippen LogP contribution in [0.25, 0.3) is 0 Å². The SMILES string of the molecule is C[C@@H](NC(=O)[C@@H]1CCc2nc(N3CCOCC3)ncc2C1)c1ccco1.